The molecule has 1 aliphatic rings. The minimum Gasteiger partial charge on any atom is -0.463 e. The Kier molecular flexibility index (Phi) is 7.97. The highest BCUT2D eigenvalue weighted by molar-refractivity contribution is 5.70. The van der Waals surface area contributed by atoms with Gasteiger partial charge in [-0.15, -0.1) is 0 Å². The van der Waals surface area contributed by atoms with Crippen LogP contribution >= 0.6 is 0 Å². The van der Waals surface area contributed by atoms with Gasteiger partial charge in [-0.3, -0.25) is 19.2 Å². The van der Waals surface area contributed by atoms with E-state index in [0.717, 1.165) is 27.0 Å². The van der Waals surface area contributed by atoms with Gasteiger partial charge >= 0.3 is 23.9 Å². The van der Waals surface area contributed by atoms with Crippen LogP contribution in [0, 0.1) is 0 Å². The van der Waals surface area contributed by atoms with Crippen molar-refractivity contribution in [3.63, 3.8) is 0 Å². The monoisotopic (exact) mass is 375 g/mol. The summed E-state index contributed by atoms with van der Waals surface area (Å²) < 4.78 is 25.9. The van der Waals surface area contributed by atoms with Crippen LogP contribution in [0.3, 0.4) is 0 Å². The number of nitrogens with zero attached hydrogens (tertiary/aromatic N) is 1. The fourth-order valence-electron chi connectivity index (χ4n) is 2.45. The largest absolute Gasteiger partial charge is 0.463 e. The van der Waals surface area contributed by atoms with E-state index >= 15 is 0 Å². The Labute approximate surface area is 149 Å². The zero-order valence-corrected chi connectivity index (χ0v) is 14.7. The third kappa shape index (κ3) is 6.31. The number of carbonyl (C=O) groups is 4. The van der Waals surface area contributed by atoms with Gasteiger partial charge in [0, 0.05) is 27.7 Å². The first-order valence-corrected chi connectivity index (χ1v) is 7.63. The SMILES string of the molecule is CC(=O)OC[C@H]1O[C@@H](/C=N/O)[C@H](OC(C)=O)[C@@H](OC(C)=O)[C@@H]1OC(C)=O. The number of ether oxygens (including phenoxy) is 5. The molecule has 0 saturated carbocycles. The molecule has 1 N–H and O–H groups in total. The lowest BCUT2D eigenvalue weighted by molar-refractivity contribution is -0.240. The van der Waals surface area contributed by atoms with Crippen molar-refractivity contribution in [2.75, 3.05) is 6.61 Å². The lowest BCUT2D eigenvalue weighted by atomic mass is 9.94. The van der Waals surface area contributed by atoms with E-state index < -0.39 is 54.4 Å². The Morgan fingerprint density at radius 3 is 1.85 bits per heavy atom. The molecule has 0 aromatic heterocycles. The number of carbonyl (C=O) groups excluding carboxylic acids is 4. The van der Waals surface area contributed by atoms with Gasteiger partial charge in [0.15, 0.2) is 18.3 Å². The summed E-state index contributed by atoms with van der Waals surface area (Å²) in [7, 11) is 0. The Bertz CT molecular complexity index is 575. The minimum absolute atomic E-state index is 0.340. The summed E-state index contributed by atoms with van der Waals surface area (Å²) >= 11 is 0. The Balaban J connectivity index is 3.26. The third-order valence-electron chi connectivity index (χ3n) is 3.24. The van der Waals surface area contributed by atoms with E-state index in [-0.39, 0.29) is 6.61 Å². The van der Waals surface area contributed by atoms with Gasteiger partial charge in [-0.25, -0.2) is 0 Å². The molecule has 1 rings (SSSR count). The average molecular weight is 375 g/mol. The smallest absolute Gasteiger partial charge is 0.303 e. The molecule has 0 unspecified atom stereocenters. The van der Waals surface area contributed by atoms with Gasteiger partial charge in [0.1, 0.15) is 18.8 Å². The molecule has 1 heterocycles. The molecular formula is C15H21NO10. The normalized spacial score (nSPS) is 28.2. The average Bonchev–Trinajstić information content (AvgIpc) is 2.50. The topological polar surface area (TPSA) is 147 Å². The predicted octanol–water partition coefficient (Wildman–Crippen LogP) is -0.428. The van der Waals surface area contributed by atoms with Gasteiger partial charge in [-0.05, 0) is 0 Å². The molecule has 0 bridgehead atoms. The Hall–Kier alpha value is -2.69. The predicted molar refractivity (Wildman–Crippen MR) is 82.2 cm³/mol. The van der Waals surface area contributed by atoms with Crippen LogP contribution in [0.2, 0.25) is 0 Å². The van der Waals surface area contributed by atoms with Crippen molar-refractivity contribution in [3.8, 4) is 0 Å². The fraction of sp³-hybridized carbons (Fsp3) is 0.667. The summed E-state index contributed by atoms with van der Waals surface area (Å²) in [5.74, 6) is -2.81. The van der Waals surface area contributed by atoms with E-state index in [2.05, 4.69) is 5.16 Å². The maximum Gasteiger partial charge on any atom is 0.303 e. The van der Waals surface area contributed by atoms with Crippen molar-refractivity contribution >= 4 is 30.1 Å². The molecule has 0 radical (unpaired) electrons. The second-order valence-electron chi connectivity index (χ2n) is 5.43. The van der Waals surface area contributed by atoms with E-state index in [4.69, 9.17) is 28.9 Å². The van der Waals surface area contributed by atoms with Crippen LogP contribution in [0.5, 0.6) is 0 Å². The van der Waals surface area contributed by atoms with Crippen molar-refractivity contribution in [1.29, 1.82) is 0 Å². The van der Waals surface area contributed by atoms with Crippen LogP contribution in [0.4, 0.5) is 0 Å². The number of oxime groups is 1. The molecule has 26 heavy (non-hydrogen) atoms. The molecular weight excluding hydrogens is 354 g/mol. The maximum absolute atomic E-state index is 11.5. The van der Waals surface area contributed by atoms with Crippen molar-refractivity contribution < 1.29 is 48.1 Å². The molecule has 146 valence electrons. The van der Waals surface area contributed by atoms with E-state index in [1.165, 1.54) is 6.92 Å². The molecule has 11 heteroatoms. The van der Waals surface area contributed by atoms with E-state index in [1.54, 1.807) is 0 Å². The quantitative estimate of drug-likeness (QED) is 0.213. The molecule has 0 amide bonds. The summed E-state index contributed by atoms with van der Waals surface area (Å²) in [6.45, 7) is 4.18. The van der Waals surface area contributed by atoms with Gasteiger partial charge in [0.2, 0.25) is 0 Å². The standard InChI is InChI=1S/C15H21NO10/c1-7(17)22-6-12-14(24-9(3)19)15(25-10(4)20)13(23-8(2)18)11(26-12)5-16-21/h5,11-15,21H,6H2,1-4H3/b16-5+/t11-,12+,13-,14+,15+/m0/s1. The third-order valence-corrected chi connectivity index (χ3v) is 3.24. The van der Waals surface area contributed by atoms with E-state index in [9.17, 15) is 19.2 Å². The molecule has 1 fully saturated rings. The molecule has 0 spiro atoms. The molecule has 0 aliphatic carbocycles. The van der Waals surface area contributed by atoms with Crippen LogP contribution in [-0.4, -0.2) is 72.4 Å². The number of hydrogen-bond donors (Lipinski definition) is 1. The number of esters is 4. The van der Waals surface area contributed by atoms with Gasteiger partial charge in [-0.2, -0.15) is 0 Å². The summed E-state index contributed by atoms with van der Waals surface area (Å²) in [5.41, 5.74) is 0. The van der Waals surface area contributed by atoms with Crippen LogP contribution in [0.15, 0.2) is 5.16 Å². The summed E-state index contributed by atoms with van der Waals surface area (Å²) in [6, 6.07) is 0. The first-order valence-electron chi connectivity index (χ1n) is 7.63. The van der Waals surface area contributed by atoms with Crippen LogP contribution < -0.4 is 0 Å². The number of rotatable bonds is 6. The van der Waals surface area contributed by atoms with Gasteiger partial charge in [-0.1, -0.05) is 5.16 Å². The highest BCUT2D eigenvalue weighted by Crippen LogP contribution is 2.28. The summed E-state index contributed by atoms with van der Waals surface area (Å²) in [6.07, 6.45) is -5.08. The second-order valence-corrected chi connectivity index (χ2v) is 5.43. The lowest BCUT2D eigenvalue weighted by Gasteiger charge is -2.43. The van der Waals surface area contributed by atoms with Crippen LogP contribution in [0.1, 0.15) is 27.7 Å². The fourth-order valence-corrected chi connectivity index (χ4v) is 2.45. The van der Waals surface area contributed by atoms with E-state index in [1.807, 2.05) is 0 Å². The summed E-state index contributed by atoms with van der Waals surface area (Å²) in [4.78, 5) is 45.5. The zero-order valence-electron chi connectivity index (χ0n) is 14.7. The molecule has 0 aromatic carbocycles. The molecule has 5 atom stereocenters. The number of hydrogen-bond acceptors (Lipinski definition) is 11. The first-order chi connectivity index (χ1) is 12.1. The van der Waals surface area contributed by atoms with Crippen molar-refractivity contribution in [1.82, 2.24) is 0 Å². The highest BCUT2D eigenvalue weighted by Gasteiger charge is 2.51. The Morgan fingerprint density at radius 1 is 0.885 bits per heavy atom. The molecule has 1 aliphatic heterocycles. The van der Waals surface area contributed by atoms with Crippen molar-refractivity contribution in [2.45, 2.75) is 58.2 Å². The molecule has 11 nitrogen and oxygen atoms in total. The zero-order chi connectivity index (χ0) is 19.9. The van der Waals surface area contributed by atoms with E-state index in [0.29, 0.717) is 0 Å². The van der Waals surface area contributed by atoms with Gasteiger partial charge < -0.3 is 28.9 Å². The highest BCUT2D eigenvalue weighted by atomic mass is 16.7. The maximum atomic E-state index is 11.5. The first kappa shape index (κ1) is 21.4. The molecule has 0 aromatic rings. The molecule has 1 saturated heterocycles. The Morgan fingerprint density at radius 2 is 1.38 bits per heavy atom. The van der Waals surface area contributed by atoms with Crippen LogP contribution in [-0.2, 0) is 42.9 Å². The van der Waals surface area contributed by atoms with Crippen LogP contribution in [0.25, 0.3) is 0 Å². The minimum atomic E-state index is -1.28. The summed E-state index contributed by atoms with van der Waals surface area (Å²) in [5, 5.41) is 11.7. The van der Waals surface area contributed by atoms with Crippen molar-refractivity contribution in [2.24, 2.45) is 5.16 Å². The lowest BCUT2D eigenvalue weighted by Crippen LogP contribution is -2.62. The second kappa shape index (κ2) is 9.70. The van der Waals surface area contributed by atoms with Gasteiger partial charge in [0.05, 0.1) is 6.21 Å². The van der Waals surface area contributed by atoms with Crippen molar-refractivity contribution in [3.05, 3.63) is 0 Å². The van der Waals surface area contributed by atoms with Gasteiger partial charge in [0.25, 0.3) is 0 Å².